The lowest BCUT2D eigenvalue weighted by Gasteiger charge is -2.24. The maximum Gasteiger partial charge on any atom is 0.254 e. The van der Waals surface area contributed by atoms with Gasteiger partial charge >= 0.3 is 0 Å². The van der Waals surface area contributed by atoms with Crippen molar-refractivity contribution in [1.82, 2.24) is 14.7 Å². The van der Waals surface area contributed by atoms with Crippen LogP contribution in [-0.2, 0) is 10.2 Å². The van der Waals surface area contributed by atoms with Gasteiger partial charge in [-0.15, -0.1) is 0 Å². The molecule has 2 amide bonds. The lowest BCUT2D eigenvalue weighted by molar-refractivity contribution is -0.117. The van der Waals surface area contributed by atoms with E-state index < -0.39 is 0 Å². The first-order valence-corrected chi connectivity index (χ1v) is 11.8. The molecule has 1 heterocycles. The van der Waals surface area contributed by atoms with Crippen LogP contribution in [0.5, 0.6) is 0 Å². The second-order valence-corrected chi connectivity index (χ2v) is 10.5. The van der Waals surface area contributed by atoms with Gasteiger partial charge in [0.05, 0.1) is 11.4 Å². The number of anilines is 1. The van der Waals surface area contributed by atoms with Crippen molar-refractivity contribution in [3.63, 3.8) is 0 Å². The predicted octanol–water partition coefficient (Wildman–Crippen LogP) is 5.87. The molecule has 3 aromatic rings. The van der Waals surface area contributed by atoms with Gasteiger partial charge < -0.3 is 10.2 Å². The Morgan fingerprint density at radius 1 is 1.09 bits per heavy atom. The van der Waals surface area contributed by atoms with E-state index in [-0.39, 0.29) is 29.7 Å². The molecular weight excluding hydrogens is 448 g/mol. The quantitative estimate of drug-likeness (QED) is 0.460. The van der Waals surface area contributed by atoms with E-state index in [0.29, 0.717) is 22.9 Å². The van der Waals surface area contributed by atoms with Gasteiger partial charge in [-0.25, -0.2) is 4.68 Å². The van der Waals surface area contributed by atoms with Crippen LogP contribution < -0.4 is 5.32 Å². The van der Waals surface area contributed by atoms with Gasteiger partial charge in [-0.3, -0.25) is 9.59 Å². The number of hydrogen-bond donors (Lipinski definition) is 1. The number of carbonyl (C=O) groups excluding carboxylic acids is 2. The molecule has 6 nitrogen and oxygen atoms in total. The maximum absolute atomic E-state index is 13.1. The molecule has 1 aromatic heterocycles. The largest absolute Gasteiger partial charge is 0.329 e. The minimum absolute atomic E-state index is 0.0660. The average Bonchev–Trinajstić information content (AvgIpc) is 3.17. The van der Waals surface area contributed by atoms with Crippen LogP contribution in [0.15, 0.2) is 54.6 Å². The second-order valence-electron chi connectivity index (χ2n) is 10.1. The van der Waals surface area contributed by atoms with Gasteiger partial charge in [-0.1, -0.05) is 58.4 Å². The Labute approximate surface area is 206 Å². The molecule has 2 aromatic carbocycles. The Morgan fingerprint density at radius 3 is 2.35 bits per heavy atom. The number of benzene rings is 2. The minimum Gasteiger partial charge on any atom is -0.329 e. The fourth-order valence-corrected chi connectivity index (χ4v) is 3.71. The summed E-state index contributed by atoms with van der Waals surface area (Å²) in [6.07, 6.45) is 0. The number of nitrogens with one attached hydrogen (secondary N) is 1. The fraction of sp³-hybridized carbons (Fsp3) is 0.370. The maximum atomic E-state index is 13.1. The zero-order valence-electron chi connectivity index (χ0n) is 20.7. The molecule has 0 saturated carbocycles. The first-order chi connectivity index (χ1) is 15.9. The Bertz CT molecular complexity index is 1160. The number of aryl methyl sites for hydroxylation is 1. The third kappa shape index (κ3) is 6.48. The Hall–Kier alpha value is -3.12. The number of rotatable bonds is 7. The number of hydrogen-bond acceptors (Lipinski definition) is 3. The predicted molar refractivity (Wildman–Crippen MR) is 138 cm³/mol. The van der Waals surface area contributed by atoms with Gasteiger partial charge in [-0.2, -0.15) is 5.10 Å². The Kier molecular flexibility index (Phi) is 7.82. The average molecular weight is 481 g/mol. The SMILES string of the molecule is Cc1cccc(-n2nc(C(C)(C)C)cc2NC(=O)CN(CC(C)C)C(=O)c2ccc(Cl)cc2)c1. The van der Waals surface area contributed by atoms with Crippen molar-refractivity contribution in [1.29, 1.82) is 0 Å². The minimum atomic E-state index is -0.280. The van der Waals surface area contributed by atoms with Crippen LogP contribution in [0.3, 0.4) is 0 Å². The molecule has 0 aliphatic rings. The van der Waals surface area contributed by atoms with E-state index in [0.717, 1.165) is 16.9 Å². The number of amides is 2. The number of nitrogens with zero attached hydrogens (tertiary/aromatic N) is 3. The number of carbonyl (C=O) groups is 2. The first-order valence-electron chi connectivity index (χ1n) is 11.5. The molecule has 0 aliphatic carbocycles. The van der Waals surface area contributed by atoms with Crippen molar-refractivity contribution >= 4 is 29.2 Å². The van der Waals surface area contributed by atoms with Crippen LogP contribution in [0.25, 0.3) is 5.69 Å². The van der Waals surface area contributed by atoms with E-state index in [1.165, 1.54) is 0 Å². The van der Waals surface area contributed by atoms with Gasteiger partial charge in [-0.05, 0) is 54.8 Å². The molecule has 0 saturated heterocycles. The smallest absolute Gasteiger partial charge is 0.254 e. The topological polar surface area (TPSA) is 67.2 Å². The molecule has 7 heteroatoms. The fourth-order valence-electron chi connectivity index (χ4n) is 3.58. The third-order valence-corrected chi connectivity index (χ3v) is 5.54. The summed E-state index contributed by atoms with van der Waals surface area (Å²) in [4.78, 5) is 27.8. The van der Waals surface area contributed by atoms with E-state index in [9.17, 15) is 9.59 Å². The van der Waals surface area contributed by atoms with Crippen LogP contribution in [0.2, 0.25) is 5.02 Å². The van der Waals surface area contributed by atoms with Crippen LogP contribution in [0, 0.1) is 12.8 Å². The molecule has 0 bridgehead atoms. The Morgan fingerprint density at radius 2 is 1.76 bits per heavy atom. The standard InChI is InChI=1S/C27H33ClN4O2/c1-18(2)16-31(26(34)20-10-12-21(28)13-11-20)17-25(33)29-24-15-23(27(4,5)6)30-32(24)22-9-7-8-19(3)14-22/h7-15,18H,16-17H2,1-6H3,(H,29,33). The summed E-state index contributed by atoms with van der Waals surface area (Å²) in [5.74, 6) is 0.290. The Balaban J connectivity index is 1.87. The zero-order valence-corrected chi connectivity index (χ0v) is 21.5. The normalized spacial score (nSPS) is 11.5. The van der Waals surface area contributed by atoms with Crippen LogP contribution >= 0.6 is 11.6 Å². The molecule has 0 fully saturated rings. The van der Waals surface area contributed by atoms with E-state index in [1.807, 2.05) is 51.1 Å². The number of aromatic nitrogens is 2. The zero-order chi connectivity index (χ0) is 25.0. The molecule has 180 valence electrons. The molecule has 1 N–H and O–H groups in total. The van der Waals surface area contributed by atoms with Crippen molar-refractivity contribution in [2.24, 2.45) is 5.92 Å². The third-order valence-electron chi connectivity index (χ3n) is 5.29. The molecule has 0 radical (unpaired) electrons. The monoisotopic (exact) mass is 480 g/mol. The van der Waals surface area contributed by atoms with Gasteiger partial charge in [0, 0.05) is 28.6 Å². The van der Waals surface area contributed by atoms with Crippen molar-refractivity contribution < 1.29 is 9.59 Å². The van der Waals surface area contributed by atoms with Crippen LogP contribution in [-0.4, -0.2) is 39.6 Å². The highest BCUT2D eigenvalue weighted by molar-refractivity contribution is 6.30. The first kappa shape index (κ1) is 25.5. The van der Waals surface area contributed by atoms with Gasteiger partial charge in [0.2, 0.25) is 5.91 Å². The summed E-state index contributed by atoms with van der Waals surface area (Å²) in [5.41, 5.74) is 3.13. The molecule has 34 heavy (non-hydrogen) atoms. The van der Waals surface area contributed by atoms with E-state index in [1.54, 1.807) is 33.8 Å². The summed E-state index contributed by atoms with van der Waals surface area (Å²) < 4.78 is 1.75. The van der Waals surface area contributed by atoms with Crippen LogP contribution in [0.1, 0.15) is 56.2 Å². The van der Waals surface area contributed by atoms with E-state index >= 15 is 0 Å². The molecule has 0 spiro atoms. The van der Waals surface area contributed by atoms with E-state index in [4.69, 9.17) is 16.7 Å². The van der Waals surface area contributed by atoms with Gasteiger partial charge in [0.1, 0.15) is 12.4 Å². The summed E-state index contributed by atoms with van der Waals surface area (Å²) in [7, 11) is 0. The van der Waals surface area contributed by atoms with Crippen molar-refractivity contribution in [3.8, 4) is 5.69 Å². The molecule has 0 atom stereocenters. The summed E-state index contributed by atoms with van der Waals surface area (Å²) in [6, 6.07) is 16.6. The molecule has 0 unspecified atom stereocenters. The number of halogens is 1. The summed E-state index contributed by atoms with van der Waals surface area (Å²) in [5, 5.41) is 8.32. The lowest BCUT2D eigenvalue weighted by Crippen LogP contribution is -2.40. The van der Waals surface area contributed by atoms with Crippen LogP contribution in [0.4, 0.5) is 5.82 Å². The summed E-state index contributed by atoms with van der Waals surface area (Å²) in [6.45, 7) is 12.7. The highest BCUT2D eigenvalue weighted by Gasteiger charge is 2.24. The highest BCUT2D eigenvalue weighted by atomic mass is 35.5. The van der Waals surface area contributed by atoms with Gasteiger partial charge in [0.15, 0.2) is 0 Å². The van der Waals surface area contributed by atoms with Gasteiger partial charge in [0.25, 0.3) is 5.91 Å². The lowest BCUT2D eigenvalue weighted by atomic mass is 9.92. The van der Waals surface area contributed by atoms with Crippen molar-refractivity contribution in [2.75, 3.05) is 18.4 Å². The van der Waals surface area contributed by atoms with E-state index in [2.05, 4.69) is 26.1 Å². The molecular formula is C27H33ClN4O2. The van der Waals surface area contributed by atoms with Crippen molar-refractivity contribution in [3.05, 3.63) is 76.4 Å². The molecule has 3 rings (SSSR count). The highest BCUT2D eigenvalue weighted by Crippen LogP contribution is 2.26. The molecule has 0 aliphatic heterocycles. The summed E-state index contributed by atoms with van der Waals surface area (Å²) >= 11 is 5.97. The van der Waals surface area contributed by atoms with Crippen molar-refractivity contribution in [2.45, 2.75) is 47.0 Å². The second kappa shape index (κ2) is 10.4.